The summed E-state index contributed by atoms with van der Waals surface area (Å²) in [5, 5.41) is 7.36. The molecule has 2 N–H and O–H groups in total. The molecule has 0 radical (unpaired) electrons. The fraction of sp³-hybridized carbons (Fsp3) is 0.500. The van der Waals surface area contributed by atoms with Gasteiger partial charge in [0, 0.05) is 17.6 Å². The normalized spacial score (nSPS) is 16.0. The van der Waals surface area contributed by atoms with Crippen molar-refractivity contribution < 1.29 is 9.59 Å². The molecule has 1 fully saturated rings. The van der Waals surface area contributed by atoms with Crippen molar-refractivity contribution in [3.63, 3.8) is 0 Å². The van der Waals surface area contributed by atoms with Gasteiger partial charge in [-0.05, 0) is 12.8 Å². The van der Waals surface area contributed by atoms with Gasteiger partial charge in [-0.2, -0.15) is 0 Å². The highest BCUT2D eigenvalue weighted by Crippen LogP contribution is 2.17. The third-order valence-electron chi connectivity index (χ3n) is 2.55. The summed E-state index contributed by atoms with van der Waals surface area (Å²) in [6.45, 7) is 0. The van der Waals surface area contributed by atoms with Gasteiger partial charge in [0.25, 0.3) is 0 Å². The summed E-state index contributed by atoms with van der Waals surface area (Å²) in [7, 11) is 0. The smallest absolute Gasteiger partial charge is 0.315 e. The second-order valence-electron chi connectivity index (χ2n) is 3.75. The van der Waals surface area contributed by atoms with Gasteiger partial charge < -0.3 is 5.32 Å². The standard InChI is InChI=1S/C10H13N3O2S/c14-8(12-7-3-1-2-4-7)9(15)13-10-11-5-6-16-10/h5-7H,1-4H2,(H,12,14)(H,11,13,15). The highest BCUT2D eigenvalue weighted by Gasteiger charge is 2.21. The highest BCUT2D eigenvalue weighted by atomic mass is 32.1. The molecule has 0 bridgehead atoms. The Kier molecular flexibility index (Phi) is 3.51. The molecule has 0 saturated heterocycles. The van der Waals surface area contributed by atoms with Crippen molar-refractivity contribution in [1.82, 2.24) is 10.3 Å². The molecule has 2 rings (SSSR count). The number of carbonyl (C=O) groups is 2. The van der Waals surface area contributed by atoms with Gasteiger partial charge in [0.2, 0.25) is 0 Å². The van der Waals surface area contributed by atoms with E-state index in [-0.39, 0.29) is 6.04 Å². The number of hydrogen-bond donors (Lipinski definition) is 2. The third kappa shape index (κ3) is 2.79. The fourth-order valence-corrected chi connectivity index (χ4v) is 2.28. The van der Waals surface area contributed by atoms with Crippen LogP contribution in [0.25, 0.3) is 0 Å². The Balaban J connectivity index is 1.82. The van der Waals surface area contributed by atoms with Crippen molar-refractivity contribution >= 4 is 28.3 Å². The average Bonchev–Trinajstić information content (AvgIpc) is 2.90. The van der Waals surface area contributed by atoms with Crippen LogP contribution in [0, 0.1) is 0 Å². The highest BCUT2D eigenvalue weighted by molar-refractivity contribution is 7.13. The van der Waals surface area contributed by atoms with Gasteiger partial charge in [-0.25, -0.2) is 4.98 Å². The van der Waals surface area contributed by atoms with E-state index >= 15 is 0 Å². The molecule has 2 amide bonds. The van der Waals surface area contributed by atoms with Crippen LogP contribution in [-0.4, -0.2) is 22.8 Å². The zero-order chi connectivity index (χ0) is 11.4. The maximum absolute atomic E-state index is 11.5. The molecular weight excluding hydrogens is 226 g/mol. The molecule has 1 saturated carbocycles. The van der Waals surface area contributed by atoms with E-state index in [0.717, 1.165) is 25.7 Å². The van der Waals surface area contributed by atoms with Crippen molar-refractivity contribution in [2.45, 2.75) is 31.7 Å². The topological polar surface area (TPSA) is 71.1 Å². The van der Waals surface area contributed by atoms with Crippen molar-refractivity contribution in [2.75, 3.05) is 5.32 Å². The number of nitrogens with zero attached hydrogens (tertiary/aromatic N) is 1. The maximum atomic E-state index is 11.5. The number of hydrogen-bond acceptors (Lipinski definition) is 4. The second-order valence-corrected chi connectivity index (χ2v) is 4.64. The summed E-state index contributed by atoms with van der Waals surface area (Å²) in [5.41, 5.74) is 0. The third-order valence-corrected chi connectivity index (χ3v) is 3.24. The van der Waals surface area contributed by atoms with Crippen LogP contribution in [-0.2, 0) is 9.59 Å². The predicted octanol–water partition coefficient (Wildman–Crippen LogP) is 1.14. The van der Waals surface area contributed by atoms with E-state index in [0.29, 0.717) is 5.13 Å². The summed E-state index contributed by atoms with van der Waals surface area (Å²) in [6.07, 6.45) is 5.76. The number of aromatic nitrogens is 1. The maximum Gasteiger partial charge on any atom is 0.315 e. The first-order valence-electron chi connectivity index (χ1n) is 5.27. The molecule has 6 heteroatoms. The van der Waals surface area contributed by atoms with Gasteiger partial charge in [0.05, 0.1) is 0 Å². The fourth-order valence-electron chi connectivity index (χ4n) is 1.76. The molecule has 16 heavy (non-hydrogen) atoms. The largest absolute Gasteiger partial charge is 0.345 e. The van der Waals surface area contributed by atoms with Gasteiger partial charge in [-0.1, -0.05) is 12.8 Å². The minimum atomic E-state index is -0.637. The van der Waals surface area contributed by atoms with Crippen LogP contribution in [0.4, 0.5) is 5.13 Å². The zero-order valence-electron chi connectivity index (χ0n) is 8.73. The molecule has 1 aromatic heterocycles. The minimum Gasteiger partial charge on any atom is -0.345 e. The molecule has 0 aromatic carbocycles. The Labute approximate surface area is 97.3 Å². The summed E-state index contributed by atoms with van der Waals surface area (Å²) in [6, 6.07) is 0.162. The van der Waals surface area contributed by atoms with E-state index < -0.39 is 11.8 Å². The van der Waals surface area contributed by atoms with E-state index in [1.54, 1.807) is 11.6 Å². The summed E-state index contributed by atoms with van der Waals surface area (Å²) < 4.78 is 0. The summed E-state index contributed by atoms with van der Waals surface area (Å²) >= 11 is 1.29. The van der Waals surface area contributed by atoms with E-state index in [1.807, 2.05) is 0 Å². The van der Waals surface area contributed by atoms with Gasteiger partial charge in [0.1, 0.15) is 0 Å². The molecule has 1 aliphatic rings. The molecule has 0 spiro atoms. The van der Waals surface area contributed by atoms with Crippen molar-refractivity contribution in [3.05, 3.63) is 11.6 Å². The van der Waals surface area contributed by atoms with Crippen LogP contribution in [0.5, 0.6) is 0 Å². The number of rotatable bonds is 2. The average molecular weight is 239 g/mol. The zero-order valence-corrected chi connectivity index (χ0v) is 9.55. The van der Waals surface area contributed by atoms with Crippen LogP contribution < -0.4 is 10.6 Å². The Morgan fingerprint density at radius 1 is 1.31 bits per heavy atom. The molecule has 0 unspecified atom stereocenters. The number of amides is 2. The quantitative estimate of drug-likeness (QED) is 0.760. The molecule has 1 heterocycles. The Morgan fingerprint density at radius 3 is 2.69 bits per heavy atom. The lowest BCUT2D eigenvalue weighted by atomic mass is 10.2. The number of carbonyl (C=O) groups excluding carboxylic acids is 2. The van der Waals surface area contributed by atoms with Crippen LogP contribution in [0.3, 0.4) is 0 Å². The van der Waals surface area contributed by atoms with E-state index in [1.165, 1.54) is 11.3 Å². The molecule has 0 aliphatic heterocycles. The molecule has 5 nitrogen and oxygen atoms in total. The van der Waals surface area contributed by atoms with Gasteiger partial charge >= 0.3 is 11.8 Å². The van der Waals surface area contributed by atoms with Crippen LogP contribution in [0.1, 0.15) is 25.7 Å². The number of nitrogens with one attached hydrogen (secondary N) is 2. The van der Waals surface area contributed by atoms with Crippen LogP contribution >= 0.6 is 11.3 Å². The molecule has 0 atom stereocenters. The molecule has 86 valence electrons. The van der Waals surface area contributed by atoms with Crippen LogP contribution in [0.2, 0.25) is 0 Å². The first-order chi connectivity index (χ1) is 7.75. The van der Waals surface area contributed by atoms with Gasteiger partial charge in [-0.3, -0.25) is 14.9 Å². The van der Waals surface area contributed by atoms with Crippen molar-refractivity contribution in [1.29, 1.82) is 0 Å². The van der Waals surface area contributed by atoms with E-state index in [4.69, 9.17) is 0 Å². The molecular formula is C10H13N3O2S. The van der Waals surface area contributed by atoms with Gasteiger partial charge in [-0.15, -0.1) is 11.3 Å². The minimum absolute atomic E-state index is 0.162. The molecule has 1 aromatic rings. The summed E-state index contributed by atoms with van der Waals surface area (Å²) in [4.78, 5) is 26.8. The van der Waals surface area contributed by atoms with E-state index in [9.17, 15) is 9.59 Å². The van der Waals surface area contributed by atoms with E-state index in [2.05, 4.69) is 15.6 Å². The van der Waals surface area contributed by atoms with Crippen LogP contribution in [0.15, 0.2) is 11.6 Å². The number of anilines is 1. The lowest BCUT2D eigenvalue weighted by Crippen LogP contribution is -2.40. The first kappa shape index (κ1) is 11.1. The monoisotopic (exact) mass is 239 g/mol. The second kappa shape index (κ2) is 5.07. The SMILES string of the molecule is O=C(Nc1nccs1)C(=O)NC1CCCC1. The van der Waals surface area contributed by atoms with Crippen molar-refractivity contribution in [3.8, 4) is 0 Å². The van der Waals surface area contributed by atoms with Crippen molar-refractivity contribution in [2.24, 2.45) is 0 Å². The Morgan fingerprint density at radius 2 is 2.06 bits per heavy atom. The van der Waals surface area contributed by atoms with Gasteiger partial charge in [0.15, 0.2) is 5.13 Å². The predicted molar refractivity (Wildman–Crippen MR) is 61.1 cm³/mol. The summed E-state index contributed by atoms with van der Waals surface area (Å²) in [5.74, 6) is -1.20. The first-order valence-corrected chi connectivity index (χ1v) is 6.15. The number of thiazole rings is 1. The Hall–Kier alpha value is -1.43. The lowest BCUT2D eigenvalue weighted by Gasteiger charge is -2.10. The molecule has 1 aliphatic carbocycles. The Bertz CT molecular complexity index is 371. The lowest BCUT2D eigenvalue weighted by molar-refractivity contribution is -0.136.